The van der Waals surface area contributed by atoms with Gasteiger partial charge >= 0.3 is 0 Å². The van der Waals surface area contributed by atoms with Crippen LogP contribution in [0.3, 0.4) is 0 Å². The highest BCUT2D eigenvalue weighted by Gasteiger charge is 2.16. The first kappa shape index (κ1) is 15.2. The molecule has 2 aromatic rings. The number of carbonyl (C=O) groups excluding carboxylic acids is 1. The van der Waals surface area contributed by atoms with Gasteiger partial charge in [-0.05, 0) is 29.3 Å². The molecule has 4 nitrogen and oxygen atoms in total. The van der Waals surface area contributed by atoms with E-state index in [1.54, 1.807) is 0 Å². The van der Waals surface area contributed by atoms with Gasteiger partial charge in [-0.25, -0.2) is 0 Å². The van der Waals surface area contributed by atoms with Gasteiger partial charge in [0.15, 0.2) is 11.5 Å². The number of rotatable bonds is 6. The molecule has 0 heterocycles. The number of methoxy groups -OCH3 is 2. The van der Waals surface area contributed by atoms with Crippen molar-refractivity contribution in [2.45, 2.75) is 6.61 Å². The second-order valence-corrected chi connectivity index (χ2v) is 4.60. The van der Waals surface area contributed by atoms with Crippen molar-refractivity contribution in [1.29, 1.82) is 0 Å². The molecule has 0 aromatic heterocycles. The van der Waals surface area contributed by atoms with Crippen molar-refractivity contribution in [3.05, 3.63) is 53.6 Å². The van der Waals surface area contributed by atoms with Crippen molar-refractivity contribution in [1.82, 2.24) is 0 Å². The number of benzene rings is 2. The predicted molar refractivity (Wildman–Crippen MR) is 80.5 cm³/mol. The lowest BCUT2D eigenvalue weighted by Crippen LogP contribution is -2.02. The van der Waals surface area contributed by atoms with Gasteiger partial charge in [0.1, 0.15) is 6.61 Å². The molecule has 0 bridgehead atoms. The van der Waals surface area contributed by atoms with Crippen LogP contribution in [0.5, 0.6) is 17.2 Å². The van der Waals surface area contributed by atoms with E-state index in [4.69, 9.17) is 25.8 Å². The molecule has 21 heavy (non-hydrogen) atoms. The first-order valence-electron chi connectivity index (χ1n) is 6.28. The zero-order valence-electron chi connectivity index (χ0n) is 11.8. The Labute approximate surface area is 128 Å². The Bertz CT molecular complexity index is 600. The van der Waals surface area contributed by atoms with Crippen LogP contribution in [-0.2, 0) is 6.61 Å². The Morgan fingerprint density at radius 3 is 2.10 bits per heavy atom. The zero-order valence-corrected chi connectivity index (χ0v) is 12.5. The lowest BCUT2D eigenvalue weighted by Gasteiger charge is -2.15. The van der Waals surface area contributed by atoms with Crippen LogP contribution in [0.15, 0.2) is 42.5 Å². The first-order valence-corrected chi connectivity index (χ1v) is 6.66. The third-order valence-electron chi connectivity index (χ3n) is 2.91. The van der Waals surface area contributed by atoms with Crippen LogP contribution in [-0.4, -0.2) is 19.5 Å². The van der Waals surface area contributed by atoms with Crippen LogP contribution in [0.1, 0.15) is 15.9 Å². The summed E-state index contributed by atoms with van der Waals surface area (Å²) in [6, 6.07) is 12.8. The highest BCUT2D eigenvalue weighted by atomic mass is 35.5. The third-order valence-corrected chi connectivity index (χ3v) is 3.13. The van der Waals surface area contributed by atoms with E-state index in [0.717, 1.165) is 5.56 Å². The molecule has 0 saturated carbocycles. The quantitative estimate of drug-likeness (QED) is 0.764. The summed E-state index contributed by atoms with van der Waals surface area (Å²) in [6.45, 7) is 0.363. The minimum Gasteiger partial charge on any atom is -0.493 e. The second-order valence-electron chi connectivity index (χ2n) is 4.26. The number of ether oxygens (including phenoxy) is 3. The molecule has 0 atom stereocenters. The molecule has 0 spiro atoms. The molecule has 0 aliphatic heterocycles. The van der Waals surface area contributed by atoms with Crippen molar-refractivity contribution >= 4 is 16.8 Å². The summed E-state index contributed by atoms with van der Waals surface area (Å²) in [5.41, 5.74) is 1.30. The van der Waals surface area contributed by atoms with Gasteiger partial charge in [-0.1, -0.05) is 30.3 Å². The largest absolute Gasteiger partial charge is 0.493 e. The van der Waals surface area contributed by atoms with E-state index in [2.05, 4.69) is 0 Å². The smallest absolute Gasteiger partial charge is 0.252 e. The van der Waals surface area contributed by atoms with Crippen molar-refractivity contribution in [3.63, 3.8) is 0 Å². The summed E-state index contributed by atoms with van der Waals surface area (Å²) in [5.74, 6) is 1.23. The number of carbonyl (C=O) groups is 1. The summed E-state index contributed by atoms with van der Waals surface area (Å²) < 4.78 is 16.3. The van der Waals surface area contributed by atoms with E-state index in [9.17, 15) is 4.79 Å². The molecule has 0 aliphatic carbocycles. The summed E-state index contributed by atoms with van der Waals surface area (Å²) in [4.78, 5) is 11.3. The molecule has 2 aromatic carbocycles. The molecular formula is C16H15ClO4. The lowest BCUT2D eigenvalue weighted by atomic mass is 10.2. The van der Waals surface area contributed by atoms with E-state index in [1.807, 2.05) is 30.3 Å². The van der Waals surface area contributed by atoms with E-state index in [-0.39, 0.29) is 5.56 Å². The fourth-order valence-electron chi connectivity index (χ4n) is 1.87. The molecule has 110 valence electrons. The maximum absolute atomic E-state index is 11.3. The average molecular weight is 307 g/mol. The van der Waals surface area contributed by atoms with E-state index in [0.29, 0.717) is 23.9 Å². The van der Waals surface area contributed by atoms with Gasteiger partial charge in [0, 0.05) is 5.56 Å². The van der Waals surface area contributed by atoms with Crippen LogP contribution in [0.2, 0.25) is 0 Å². The van der Waals surface area contributed by atoms with Crippen LogP contribution in [0.25, 0.3) is 0 Å². The van der Waals surface area contributed by atoms with Crippen molar-refractivity contribution in [3.8, 4) is 17.2 Å². The Kier molecular flexibility index (Phi) is 5.06. The molecule has 0 aliphatic rings. The van der Waals surface area contributed by atoms with Crippen LogP contribution >= 0.6 is 11.6 Å². The molecule has 2 rings (SSSR count). The molecule has 0 amide bonds. The van der Waals surface area contributed by atoms with Crippen LogP contribution in [0, 0.1) is 0 Å². The highest BCUT2D eigenvalue weighted by Crippen LogP contribution is 2.39. The van der Waals surface area contributed by atoms with Gasteiger partial charge in [-0.3, -0.25) is 4.79 Å². The molecule has 5 heteroatoms. The molecule has 0 unspecified atom stereocenters. The number of hydrogen-bond donors (Lipinski definition) is 0. The molecule has 0 N–H and O–H groups in total. The number of halogens is 1. The van der Waals surface area contributed by atoms with Crippen molar-refractivity contribution in [2.24, 2.45) is 0 Å². The lowest BCUT2D eigenvalue weighted by molar-refractivity contribution is 0.108. The van der Waals surface area contributed by atoms with Gasteiger partial charge in [0.05, 0.1) is 14.2 Å². The molecule has 0 saturated heterocycles. The maximum atomic E-state index is 11.3. The van der Waals surface area contributed by atoms with Gasteiger partial charge in [-0.15, -0.1) is 0 Å². The second kappa shape index (κ2) is 6.99. The van der Waals surface area contributed by atoms with Gasteiger partial charge < -0.3 is 14.2 Å². The minimum absolute atomic E-state index is 0.289. The fourth-order valence-corrected chi connectivity index (χ4v) is 1.97. The monoisotopic (exact) mass is 306 g/mol. The highest BCUT2D eigenvalue weighted by molar-refractivity contribution is 6.67. The Morgan fingerprint density at radius 1 is 1.05 bits per heavy atom. The summed E-state index contributed by atoms with van der Waals surface area (Å²) in [5, 5.41) is -0.582. The maximum Gasteiger partial charge on any atom is 0.252 e. The van der Waals surface area contributed by atoms with E-state index in [1.165, 1.54) is 26.4 Å². The van der Waals surface area contributed by atoms with Crippen molar-refractivity contribution in [2.75, 3.05) is 14.2 Å². The minimum atomic E-state index is -0.582. The number of hydrogen-bond acceptors (Lipinski definition) is 4. The molecule has 0 fully saturated rings. The first-order chi connectivity index (χ1) is 10.2. The standard InChI is InChI=1S/C16H15ClO4/c1-19-13-8-12(16(17)18)9-14(20-2)15(13)21-10-11-6-4-3-5-7-11/h3-9H,10H2,1-2H3. The van der Waals surface area contributed by atoms with Gasteiger partial charge in [-0.2, -0.15) is 0 Å². The summed E-state index contributed by atoms with van der Waals surface area (Å²) >= 11 is 5.50. The fraction of sp³-hybridized carbons (Fsp3) is 0.188. The van der Waals surface area contributed by atoms with E-state index < -0.39 is 5.24 Å². The SMILES string of the molecule is COc1cc(C(=O)Cl)cc(OC)c1OCc1ccccc1. The summed E-state index contributed by atoms with van der Waals surface area (Å²) in [6.07, 6.45) is 0. The third kappa shape index (κ3) is 3.67. The molecular weight excluding hydrogens is 292 g/mol. The van der Waals surface area contributed by atoms with Crippen molar-refractivity contribution < 1.29 is 19.0 Å². The Hall–Kier alpha value is -2.20. The topological polar surface area (TPSA) is 44.8 Å². The van der Waals surface area contributed by atoms with Gasteiger partial charge in [0.25, 0.3) is 5.24 Å². The predicted octanol–water partition coefficient (Wildman–Crippen LogP) is 3.66. The Balaban J connectivity index is 2.31. The summed E-state index contributed by atoms with van der Waals surface area (Å²) in [7, 11) is 2.99. The molecule has 0 radical (unpaired) electrons. The Morgan fingerprint density at radius 2 is 1.62 bits per heavy atom. The van der Waals surface area contributed by atoms with Crippen LogP contribution in [0.4, 0.5) is 0 Å². The zero-order chi connectivity index (χ0) is 15.2. The normalized spacial score (nSPS) is 10.0. The van der Waals surface area contributed by atoms with E-state index >= 15 is 0 Å². The van der Waals surface area contributed by atoms with Crippen LogP contribution < -0.4 is 14.2 Å². The average Bonchev–Trinajstić information content (AvgIpc) is 2.52. The van der Waals surface area contributed by atoms with Gasteiger partial charge in [0.2, 0.25) is 5.75 Å².